The third kappa shape index (κ3) is 3.89. The fourth-order valence-corrected chi connectivity index (χ4v) is 3.26. The molecule has 0 radical (unpaired) electrons. The van der Waals surface area contributed by atoms with Gasteiger partial charge in [0, 0.05) is 12.6 Å². The Morgan fingerprint density at radius 3 is 2.52 bits per heavy atom. The molecule has 6 heteroatoms. The monoisotopic (exact) mass is 367 g/mol. The zero-order chi connectivity index (χ0) is 19.4. The minimum absolute atomic E-state index is 0.0771. The van der Waals surface area contributed by atoms with Crippen molar-refractivity contribution in [3.63, 3.8) is 0 Å². The van der Waals surface area contributed by atoms with Crippen LogP contribution in [0, 0.1) is 0 Å². The van der Waals surface area contributed by atoms with Crippen molar-refractivity contribution in [1.82, 2.24) is 19.9 Å². The SMILES string of the molecule is CCCCCCn1c(N)c(C(=O)NC(C)CC)c2nc3ccccc3nc21. The van der Waals surface area contributed by atoms with Crippen molar-refractivity contribution in [2.24, 2.45) is 0 Å². The summed E-state index contributed by atoms with van der Waals surface area (Å²) in [5.74, 6) is 0.279. The van der Waals surface area contributed by atoms with Crippen LogP contribution in [0.25, 0.3) is 22.2 Å². The molecule has 3 N–H and O–H groups in total. The Balaban J connectivity index is 2.10. The first kappa shape index (κ1) is 19.1. The van der Waals surface area contributed by atoms with Crippen molar-refractivity contribution in [2.75, 3.05) is 5.73 Å². The number of unbranched alkanes of at least 4 members (excludes halogenated alkanes) is 3. The molecule has 0 aliphatic rings. The zero-order valence-electron chi connectivity index (χ0n) is 16.5. The van der Waals surface area contributed by atoms with Crippen LogP contribution in [-0.2, 0) is 6.54 Å². The minimum Gasteiger partial charge on any atom is -0.384 e. The number of hydrogen-bond donors (Lipinski definition) is 2. The third-order valence-corrected chi connectivity index (χ3v) is 5.04. The van der Waals surface area contributed by atoms with Gasteiger partial charge in [-0.15, -0.1) is 0 Å². The number of carbonyl (C=O) groups is 1. The third-order valence-electron chi connectivity index (χ3n) is 5.04. The van der Waals surface area contributed by atoms with Gasteiger partial charge < -0.3 is 15.6 Å². The maximum absolute atomic E-state index is 12.9. The number of anilines is 1. The highest BCUT2D eigenvalue weighted by molar-refractivity contribution is 6.10. The number of hydrogen-bond acceptors (Lipinski definition) is 4. The highest BCUT2D eigenvalue weighted by atomic mass is 16.1. The molecule has 1 aromatic carbocycles. The first-order chi connectivity index (χ1) is 13.1. The Labute approximate surface area is 160 Å². The van der Waals surface area contributed by atoms with Gasteiger partial charge in [0.1, 0.15) is 16.9 Å². The molecule has 0 bridgehead atoms. The average Bonchev–Trinajstić information content (AvgIpc) is 2.94. The molecule has 1 atom stereocenters. The number of para-hydroxylation sites is 2. The molecule has 0 saturated heterocycles. The van der Waals surface area contributed by atoms with Crippen molar-refractivity contribution >= 4 is 33.9 Å². The van der Waals surface area contributed by atoms with E-state index in [0.717, 1.165) is 36.8 Å². The fourth-order valence-electron chi connectivity index (χ4n) is 3.26. The standard InChI is InChI=1S/C21H29N5O/c1-4-6-7-10-13-26-19(22)17(21(27)23-14(3)5-2)18-20(26)25-16-12-9-8-11-15(16)24-18/h8-9,11-12,14H,4-7,10,13,22H2,1-3H3,(H,23,27). The highest BCUT2D eigenvalue weighted by Gasteiger charge is 2.24. The summed E-state index contributed by atoms with van der Waals surface area (Å²) < 4.78 is 1.95. The van der Waals surface area contributed by atoms with Gasteiger partial charge in [-0.3, -0.25) is 4.79 Å². The molecule has 0 aliphatic carbocycles. The second-order valence-electron chi connectivity index (χ2n) is 7.14. The molecule has 3 aromatic rings. The second kappa shape index (κ2) is 8.37. The Morgan fingerprint density at radius 1 is 1.15 bits per heavy atom. The summed E-state index contributed by atoms with van der Waals surface area (Å²) >= 11 is 0. The van der Waals surface area contributed by atoms with E-state index in [1.54, 1.807) is 0 Å². The van der Waals surface area contributed by atoms with Gasteiger partial charge in [0.15, 0.2) is 5.65 Å². The number of amides is 1. The molecule has 3 rings (SSSR count). The van der Waals surface area contributed by atoms with Crippen LogP contribution in [0.3, 0.4) is 0 Å². The molecular formula is C21H29N5O. The van der Waals surface area contributed by atoms with Crippen LogP contribution in [0.1, 0.15) is 63.2 Å². The number of nitrogen functional groups attached to an aromatic ring is 1. The van der Waals surface area contributed by atoms with Crippen molar-refractivity contribution in [1.29, 1.82) is 0 Å². The lowest BCUT2D eigenvalue weighted by Gasteiger charge is -2.11. The second-order valence-corrected chi connectivity index (χ2v) is 7.14. The van der Waals surface area contributed by atoms with E-state index < -0.39 is 0 Å². The molecule has 6 nitrogen and oxygen atoms in total. The average molecular weight is 367 g/mol. The quantitative estimate of drug-likeness (QED) is 0.582. The largest absolute Gasteiger partial charge is 0.384 e. The topological polar surface area (TPSA) is 85.8 Å². The van der Waals surface area contributed by atoms with Gasteiger partial charge in [-0.05, 0) is 31.9 Å². The molecule has 1 unspecified atom stereocenters. The van der Waals surface area contributed by atoms with E-state index in [4.69, 9.17) is 15.7 Å². The minimum atomic E-state index is -0.177. The first-order valence-corrected chi connectivity index (χ1v) is 9.92. The normalized spacial score (nSPS) is 12.6. The van der Waals surface area contributed by atoms with Crippen LogP contribution in [-0.4, -0.2) is 26.5 Å². The fraction of sp³-hybridized carbons (Fsp3) is 0.476. The van der Waals surface area contributed by atoms with Crippen molar-refractivity contribution in [3.8, 4) is 0 Å². The number of aromatic nitrogens is 3. The van der Waals surface area contributed by atoms with Crippen molar-refractivity contribution < 1.29 is 4.79 Å². The summed E-state index contributed by atoms with van der Waals surface area (Å²) in [4.78, 5) is 22.4. The van der Waals surface area contributed by atoms with Crippen LogP contribution < -0.4 is 11.1 Å². The molecule has 1 amide bonds. The van der Waals surface area contributed by atoms with Crippen LogP contribution in [0.15, 0.2) is 24.3 Å². The van der Waals surface area contributed by atoms with Gasteiger partial charge in [-0.1, -0.05) is 45.2 Å². The smallest absolute Gasteiger partial charge is 0.257 e. The van der Waals surface area contributed by atoms with E-state index in [-0.39, 0.29) is 11.9 Å². The Hall–Kier alpha value is -2.63. The number of aryl methyl sites for hydroxylation is 1. The van der Waals surface area contributed by atoms with E-state index in [0.29, 0.717) is 22.5 Å². The summed E-state index contributed by atoms with van der Waals surface area (Å²) in [6.07, 6.45) is 5.35. The first-order valence-electron chi connectivity index (χ1n) is 9.92. The van der Waals surface area contributed by atoms with E-state index >= 15 is 0 Å². The van der Waals surface area contributed by atoms with Crippen molar-refractivity contribution in [2.45, 2.75) is 65.5 Å². The number of benzene rings is 1. The van der Waals surface area contributed by atoms with Gasteiger partial charge in [-0.2, -0.15) is 0 Å². The number of nitrogens with one attached hydrogen (secondary N) is 1. The highest BCUT2D eigenvalue weighted by Crippen LogP contribution is 2.28. The number of nitrogens with two attached hydrogens (primary N) is 1. The molecule has 2 heterocycles. The number of fused-ring (bicyclic) bond motifs is 2. The summed E-state index contributed by atoms with van der Waals surface area (Å²) in [7, 11) is 0. The van der Waals surface area contributed by atoms with Gasteiger partial charge in [0.25, 0.3) is 5.91 Å². The summed E-state index contributed by atoms with van der Waals surface area (Å²) in [5, 5.41) is 3.02. The van der Waals surface area contributed by atoms with Crippen molar-refractivity contribution in [3.05, 3.63) is 29.8 Å². The molecule has 0 spiro atoms. The van der Waals surface area contributed by atoms with Gasteiger partial charge in [0.05, 0.1) is 11.0 Å². The van der Waals surface area contributed by atoms with E-state index in [1.165, 1.54) is 12.8 Å². The predicted molar refractivity (Wildman–Crippen MR) is 111 cm³/mol. The van der Waals surface area contributed by atoms with E-state index in [9.17, 15) is 4.79 Å². The lowest BCUT2D eigenvalue weighted by atomic mass is 10.2. The Morgan fingerprint density at radius 2 is 1.85 bits per heavy atom. The molecule has 0 saturated carbocycles. The Bertz CT molecular complexity index is 947. The lowest BCUT2D eigenvalue weighted by molar-refractivity contribution is 0.0941. The molecule has 0 fully saturated rings. The maximum Gasteiger partial charge on any atom is 0.257 e. The summed E-state index contributed by atoms with van der Waals surface area (Å²) in [6, 6.07) is 7.79. The molecule has 27 heavy (non-hydrogen) atoms. The molecule has 144 valence electrons. The lowest BCUT2D eigenvalue weighted by Crippen LogP contribution is -2.32. The van der Waals surface area contributed by atoms with E-state index in [1.807, 2.05) is 42.7 Å². The number of rotatable bonds is 8. The van der Waals surface area contributed by atoms with Gasteiger partial charge in [-0.25, -0.2) is 9.97 Å². The van der Waals surface area contributed by atoms with Crippen LogP contribution in [0.4, 0.5) is 5.82 Å². The molecule has 2 aromatic heterocycles. The molecular weight excluding hydrogens is 338 g/mol. The zero-order valence-corrected chi connectivity index (χ0v) is 16.5. The predicted octanol–water partition coefficient (Wildman–Crippen LogP) is 4.28. The van der Waals surface area contributed by atoms with Crippen LogP contribution >= 0.6 is 0 Å². The van der Waals surface area contributed by atoms with Gasteiger partial charge in [0.2, 0.25) is 0 Å². The molecule has 0 aliphatic heterocycles. The summed E-state index contributed by atoms with van der Waals surface area (Å²) in [6.45, 7) is 6.96. The summed E-state index contributed by atoms with van der Waals surface area (Å²) in [5.41, 5.74) is 9.74. The number of carbonyl (C=O) groups excluding carboxylic acids is 1. The van der Waals surface area contributed by atoms with Gasteiger partial charge >= 0.3 is 0 Å². The van der Waals surface area contributed by atoms with Crippen LogP contribution in [0.2, 0.25) is 0 Å². The number of nitrogens with zero attached hydrogens (tertiary/aromatic N) is 3. The van der Waals surface area contributed by atoms with Crippen LogP contribution in [0.5, 0.6) is 0 Å². The maximum atomic E-state index is 12.9. The van der Waals surface area contributed by atoms with E-state index in [2.05, 4.69) is 12.2 Å². The Kier molecular flexibility index (Phi) is 5.94.